The van der Waals surface area contributed by atoms with Crippen molar-refractivity contribution in [3.8, 4) is 11.5 Å². The number of nitrogens with zero attached hydrogens (tertiary/aromatic N) is 1. The molecule has 0 fully saturated rings. The molecule has 0 aliphatic carbocycles. The van der Waals surface area contributed by atoms with Crippen molar-refractivity contribution in [3.05, 3.63) is 46.6 Å². The molecule has 0 saturated heterocycles. The maximum atomic E-state index is 12.6. The normalized spacial score (nSPS) is 11.2. The summed E-state index contributed by atoms with van der Waals surface area (Å²) in [4.78, 5) is 27.3. The minimum atomic E-state index is -4.66. The van der Waals surface area contributed by atoms with Gasteiger partial charge in [0.05, 0.1) is 23.3 Å². The fraction of sp³-hybridized carbons (Fsp3) is 0.235. The molecule has 1 N–H and O–H groups in total. The van der Waals surface area contributed by atoms with E-state index >= 15 is 0 Å². The Morgan fingerprint density at radius 2 is 1.90 bits per heavy atom. The smallest absolute Gasteiger partial charge is 0.417 e. The average Bonchev–Trinajstić information content (AvgIpc) is 2.66. The van der Waals surface area contributed by atoms with Crippen molar-refractivity contribution in [2.24, 2.45) is 0 Å². The molecule has 162 valence electrons. The zero-order chi connectivity index (χ0) is 22.5. The topological polar surface area (TPSA) is 86.8 Å². The number of rotatable bonds is 7. The third-order valence-electron chi connectivity index (χ3n) is 3.38. The van der Waals surface area contributed by atoms with E-state index in [0.29, 0.717) is 12.3 Å². The van der Waals surface area contributed by atoms with Gasteiger partial charge in [-0.3, -0.25) is 4.79 Å². The van der Waals surface area contributed by atoms with Crippen LogP contribution < -0.4 is 14.8 Å². The van der Waals surface area contributed by atoms with Gasteiger partial charge in [-0.05, 0) is 24.3 Å². The van der Waals surface area contributed by atoms with Crippen LogP contribution in [0.15, 0.2) is 30.5 Å². The van der Waals surface area contributed by atoms with Crippen LogP contribution in [-0.4, -0.2) is 37.2 Å². The lowest BCUT2D eigenvalue weighted by Crippen LogP contribution is -2.22. The summed E-state index contributed by atoms with van der Waals surface area (Å²) in [5, 5.41) is 1.63. The number of nitrogens with one attached hydrogen (secondary N) is 1. The lowest BCUT2D eigenvalue weighted by atomic mass is 10.2. The molecule has 30 heavy (non-hydrogen) atoms. The number of aromatic nitrogens is 1. The van der Waals surface area contributed by atoms with Crippen molar-refractivity contribution in [3.63, 3.8) is 0 Å². The van der Waals surface area contributed by atoms with Crippen LogP contribution in [0.1, 0.15) is 15.9 Å². The Hall–Kier alpha value is -3.15. The van der Waals surface area contributed by atoms with Crippen LogP contribution in [0.2, 0.25) is 5.02 Å². The summed E-state index contributed by atoms with van der Waals surface area (Å²) in [6.07, 6.45) is -4.19. The Kier molecular flexibility index (Phi) is 7.38. The molecule has 0 atom stereocenters. The van der Waals surface area contributed by atoms with Crippen molar-refractivity contribution < 1.29 is 45.8 Å². The molecule has 1 amide bonds. The second kappa shape index (κ2) is 9.57. The number of amides is 1. The van der Waals surface area contributed by atoms with E-state index in [1.165, 1.54) is 0 Å². The predicted molar refractivity (Wildman–Crippen MR) is 92.8 cm³/mol. The molecular formula is C17H12ClF5N2O5. The van der Waals surface area contributed by atoms with Gasteiger partial charge in [0.1, 0.15) is 0 Å². The van der Waals surface area contributed by atoms with Crippen LogP contribution in [0.3, 0.4) is 0 Å². The summed E-state index contributed by atoms with van der Waals surface area (Å²) in [6.45, 7) is -3.93. The summed E-state index contributed by atoms with van der Waals surface area (Å²) in [6, 6.07) is 3.79. The van der Waals surface area contributed by atoms with E-state index < -0.39 is 41.9 Å². The highest BCUT2D eigenvalue weighted by atomic mass is 35.5. The summed E-state index contributed by atoms with van der Waals surface area (Å²) >= 11 is 5.66. The first-order valence-corrected chi connectivity index (χ1v) is 8.21. The first-order valence-electron chi connectivity index (χ1n) is 7.84. The standard InChI is InChI=1S/C17H12ClF5N2O5/c1-28-12-4-8(2-3-11(12)30-16(19)20)15(27)29-7-13(26)25-14-10(18)5-9(6-24-14)17(21,22)23/h2-6,16H,7H2,1H3,(H,24,25,26). The number of pyridine rings is 1. The maximum absolute atomic E-state index is 12.6. The molecule has 0 saturated carbocycles. The quantitative estimate of drug-likeness (QED) is 0.499. The highest BCUT2D eigenvalue weighted by Crippen LogP contribution is 2.32. The number of benzene rings is 1. The van der Waals surface area contributed by atoms with Crippen LogP contribution >= 0.6 is 11.6 Å². The fourth-order valence-corrected chi connectivity index (χ4v) is 2.27. The van der Waals surface area contributed by atoms with Crippen molar-refractivity contribution in [2.75, 3.05) is 19.0 Å². The van der Waals surface area contributed by atoms with E-state index in [9.17, 15) is 31.5 Å². The summed E-state index contributed by atoms with van der Waals surface area (Å²) in [5.74, 6) is -2.78. The van der Waals surface area contributed by atoms with Gasteiger partial charge in [-0.25, -0.2) is 9.78 Å². The minimum Gasteiger partial charge on any atom is -0.493 e. The lowest BCUT2D eigenvalue weighted by molar-refractivity contribution is -0.137. The van der Waals surface area contributed by atoms with E-state index in [1.54, 1.807) is 0 Å². The summed E-state index contributed by atoms with van der Waals surface area (Å²) in [5.41, 5.74) is -1.24. The first kappa shape index (κ1) is 23.1. The Balaban J connectivity index is 1.99. The van der Waals surface area contributed by atoms with E-state index in [-0.39, 0.29) is 22.9 Å². The average molecular weight is 455 g/mol. The first-order chi connectivity index (χ1) is 14.0. The van der Waals surface area contributed by atoms with Gasteiger partial charge in [0.2, 0.25) is 0 Å². The van der Waals surface area contributed by atoms with Gasteiger partial charge in [-0.15, -0.1) is 0 Å². The number of esters is 1. The van der Waals surface area contributed by atoms with E-state index in [1.807, 2.05) is 0 Å². The molecule has 7 nitrogen and oxygen atoms in total. The predicted octanol–water partition coefficient (Wildman–Crippen LogP) is 4.16. The number of methoxy groups -OCH3 is 1. The molecule has 0 radical (unpaired) electrons. The van der Waals surface area contributed by atoms with Crippen LogP contribution in [0.4, 0.5) is 27.8 Å². The number of carbonyl (C=O) groups is 2. The van der Waals surface area contributed by atoms with E-state index in [4.69, 9.17) is 21.1 Å². The van der Waals surface area contributed by atoms with E-state index in [2.05, 4.69) is 15.0 Å². The van der Waals surface area contributed by atoms with Crippen molar-refractivity contribution in [1.82, 2.24) is 4.98 Å². The van der Waals surface area contributed by atoms with Gasteiger partial charge < -0.3 is 19.5 Å². The molecule has 13 heteroatoms. The van der Waals surface area contributed by atoms with Crippen LogP contribution in [0.5, 0.6) is 11.5 Å². The molecule has 0 aliphatic rings. The van der Waals surface area contributed by atoms with Gasteiger partial charge >= 0.3 is 18.8 Å². The number of anilines is 1. The Morgan fingerprint density at radius 3 is 2.47 bits per heavy atom. The van der Waals surface area contributed by atoms with Gasteiger partial charge in [-0.2, -0.15) is 22.0 Å². The van der Waals surface area contributed by atoms with Crippen LogP contribution in [-0.2, 0) is 15.7 Å². The molecule has 1 aromatic carbocycles. The molecule has 2 aromatic rings. The molecule has 1 heterocycles. The van der Waals surface area contributed by atoms with Crippen LogP contribution in [0.25, 0.3) is 0 Å². The molecule has 1 aromatic heterocycles. The number of hydrogen-bond donors (Lipinski definition) is 1. The summed E-state index contributed by atoms with van der Waals surface area (Å²) in [7, 11) is 1.16. The highest BCUT2D eigenvalue weighted by molar-refractivity contribution is 6.33. The Morgan fingerprint density at radius 1 is 1.20 bits per heavy atom. The minimum absolute atomic E-state index is 0.132. The molecule has 2 rings (SSSR count). The van der Waals surface area contributed by atoms with Gasteiger partial charge in [0.15, 0.2) is 23.9 Å². The van der Waals surface area contributed by atoms with Crippen LogP contribution in [0, 0.1) is 0 Å². The lowest BCUT2D eigenvalue weighted by Gasteiger charge is -2.12. The third kappa shape index (κ3) is 6.17. The monoisotopic (exact) mass is 454 g/mol. The zero-order valence-corrected chi connectivity index (χ0v) is 15.7. The zero-order valence-electron chi connectivity index (χ0n) is 14.9. The van der Waals surface area contributed by atoms with Gasteiger partial charge in [0, 0.05) is 6.20 Å². The third-order valence-corrected chi connectivity index (χ3v) is 3.66. The number of hydrogen-bond acceptors (Lipinski definition) is 6. The highest BCUT2D eigenvalue weighted by Gasteiger charge is 2.31. The number of ether oxygens (including phenoxy) is 3. The van der Waals surface area contributed by atoms with Crippen molar-refractivity contribution >= 4 is 29.3 Å². The van der Waals surface area contributed by atoms with Gasteiger partial charge in [0.25, 0.3) is 5.91 Å². The summed E-state index contributed by atoms with van der Waals surface area (Å²) < 4.78 is 76.2. The Bertz CT molecular complexity index is 939. The molecule has 0 unspecified atom stereocenters. The number of alkyl halides is 5. The second-order valence-electron chi connectivity index (χ2n) is 5.42. The van der Waals surface area contributed by atoms with Crippen molar-refractivity contribution in [1.29, 1.82) is 0 Å². The van der Waals surface area contributed by atoms with Crippen molar-refractivity contribution in [2.45, 2.75) is 12.8 Å². The fourth-order valence-electron chi connectivity index (χ4n) is 2.06. The number of carbonyl (C=O) groups excluding carboxylic acids is 2. The maximum Gasteiger partial charge on any atom is 0.417 e. The molecule has 0 aliphatic heterocycles. The molecular weight excluding hydrogens is 443 g/mol. The molecule has 0 spiro atoms. The largest absolute Gasteiger partial charge is 0.493 e. The second-order valence-corrected chi connectivity index (χ2v) is 5.83. The van der Waals surface area contributed by atoms with E-state index in [0.717, 1.165) is 25.3 Å². The molecule has 0 bridgehead atoms. The Labute approximate surface area is 170 Å². The SMILES string of the molecule is COc1cc(C(=O)OCC(=O)Nc2ncc(C(F)(F)F)cc2Cl)ccc1OC(F)F. The number of halogens is 6. The van der Waals surface area contributed by atoms with Gasteiger partial charge in [-0.1, -0.05) is 11.6 Å².